The van der Waals surface area contributed by atoms with Gasteiger partial charge in [-0.05, 0) is 38.0 Å². The molecule has 6 heteroatoms. The lowest BCUT2D eigenvalue weighted by Gasteiger charge is -2.18. The van der Waals surface area contributed by atoms with Gasteiger partial charge >= 0.3 is 0 Å². The highest BCUT2D eigenvalue weighted by Gasteiger charge is 2.46. The number of nitrogens with zero attached hydrogens (tertiary/aromatic N) is 1. The van der Waals surface area contributed by atoms with Crippen molar-refractivity contribution >= 4 is 11.6 Å². The number of para-hydroxylation sites is 1. The van der Waals surface area contributed by atoms with E-state index in [2.05, 4.69) is 29.7 Å². The summed E-state index contributed by atoms with van der Waals surface area (Å²) < 4.78 is 16.3. The van der Waals surface area contributed by atoms with Crippen LogP contribution in [0.15, 0.2) is 47.5 Å². The van der Waals surface area contributed by atoms with Gasteiger partial charge in [0.05, 0.1) is 27.9 Å². The molecule has 1 aliphatic rings. The molecule has 3 rings (SSSR count). The fourth-order valence-corrected chi connectivity index (χ4v) is 3.33. The molecule has 0 aromatic heterocycles. The first-order valence-corrected chi connectivity index (χ1v) is 9.56. The van der Waals surface area contributed by atoms with Crippen LogP contribution in [0.25, 0.3) is 0 Å². The number of anilines is 1. The third-order valence-electron chi connectivity index (χ3n) is 5.06. The van der Waals surface area contributed by atoms with Crippen LogP contribution in [-0.2, 0) is 5.41 Å². The van der Waals surface area contributed by atoms with Gasteiger partial charge in [0.15, 0.2) is 17.5 Å². The fourth-order valence-electron chi connectivity index (χ4n) is 3.33. The van der Waals surface area contributed by atoms with E-state index in [0.717, 1.165) is 36.8 Å². The Morgan fingerprint density at radius 1 is 0.964 bits per heavy atom. The highest BCUT2D eigenvalue weighted by atomic mass is 16.5. The molecule has 0 atom stereocenters. The average Bonchev–Trinajstić information content (AvgIpc) is 3.53. The fraction of sp³-hybridized carbons (Fsp3) is 0.409. The minimum Gasteiger partial charge on any atom is -0.496 e. The Morgan fingerprint density at radius 2 is 1.68 bits per heavy atom. The zero-order valence-corrected chi connectivity index (χ0v) is 17.0. The van der Waals surface area contributed by atoms with Crippen LogP contribution in [0.5, 0.6) is 17.2 Å². The van der Waals surface area contributed by atoms with E-state index >= 15 is 0 Å². The minimum absolute atomic E-state index is 0.0621. The summed E-state index contributed by atoms with van der Waals surface area (Å²) in [4.78, 5) is 4.86. The molecule has 28 heavy (non-hydrogen) atoms. The average molecular weight is 383 g/mol. The quantitative estimate of drug-likeness (QED) is 0.536. The molecule has 2 aromatic rings. The van der Waals surface area contributed by atoms with Crippen LogP contribution < -0.4 is 24.8 Å². The Labute approximate surface area is 166 Å². The predicted molar refractivity (Wildman–Crippen MR) is 113 cm³/mol. The summed E-state index contributed by atoms with van der Waals surface area (Å²) >= 11 is 0. The molecule has 0 saturated heterocycles. The summed E-state index contributed by atoms with van der Waals surface area (Å²) in [7, 11) is 4.98. The van der Waals surface area contributed by atoms with Gasteiger partial charge in [0.25, 0.3) is 0 Å². The van der Waals surface area contributed by atoms with Gasteiger partial charge in [-0.2, -0.15) is 0 Å². The molecule has 2 N–H and O–H groups in total. The molecule has 0 heterocycles. The Bertz CT molecular complexity index is 832. The smallest absolute Gasteiger partial charge is 0.195 e. The number of nitrogens with one attached hydrogen (secondary N) is 2. The van der Waals surface area contributed by atoms with Crippen molar-refractivity contribution in [2.24, 2.45) is 4.99 Å². The standard InChI is InChI=1S/C22H29N3O3/c1-5-23-21(25-16-10-11-19(27-3)20(14-16)28-4)24-15-22(12-13-22)17-8-6-7-9-18(17)26-2/h6-11,14H,5,12-13,15H2,1-4H3,(H2,23,24,25). The maximum atomic E-state index is 5.56. The molecule has 0 unspecified atom stereocenters. The lowest BCUT2D eigenvalue weighted by molar-refractivity contribution is 0.355. The van der Waals surface area contributed by atoms with Crippen LogP contribution in [0.4, 0.5) is 5.69 Å². The van der Waals surface area contributed by atoms with E-state index in [4.69, 9.17) is 19.2 Å². The Balaban J connectivity index is 1.78. The summed E-state index contributed by atoms with van der Waals surface area (Å²) in [5.41, 5.74) is 2.19. The van der Waals surface area contributed by atoms with Crippen LogP contribution in [0, 0.1) is 0 Å². The summed E-state index contributed by atoms with van der Waals surface area (Å²) in [5, 5.41) is 6.67. The maximum Gasteiger partial charge on any atom is 0.195 e. The summed E-state index contributed by atoms with van der Waals surface area (Å²) in [5.74, 6) is 3.06. The largest absolute Gasteiger partial charge is 0.496 e. The number of aliphatic imine (C=N–C) groups is 1. The topological polar surface area (TPSA) is 64.1 Å². The number of hydrogen-bond donors (Lipinski definition) is 2. The monoisotopic (exact) mass is 383 g/mol. The molecule has 6 nitrogen and oxygen atoms in total. The first kappa shape index (κ1) is 19.9. The van der Waals surface area contributed by atoms with Crippen molar-refractivity contribution in [2.45, 2.75) is 25.2 Å². The van der Waals surface area contributed by atoms with Gasteiger partial charge in [0, 0.05) is 29.3 Å². The van der Waals surface area contributed by atoms with Crippen LogP contribution in [0.2, 0.25) is 0 Å². The molecule has 0 bridgehead atoms. The van der Waals surface area contributed by atoms with Crippen molar-refractivity contribution < 1.29 is 14.2 Å². The van der Waals surface area contributed by atoms with Gasteiger partial charge in [0.1, 0.15) is 5.75 Å². The molecule has 150 valence electrons. The second kappa shape index (κ2) is 8.87. The Morgan fingerprint density at radius 3 is 2.32 bits per heavy atom. The molecule has 2 aromatic carbocycles. The zero-order chi connectivity index (χ0) is 20.0. The number of methoxy groups -OCH3 is 3. The highest BCUT2D eigenvalue weighted by molar-refractivity contribution is 5.94. The molecule has 1 saturated carbocycles. The normalized spacial score (nSPS) is 14.9. The molecular weight excluding hydrogens is 354 g/mol. The van der Waals surface area contributed by atoms with Crippen LogP contribution >= 0.6 is 0 Å². The summed E-state index contributed by atoms with van der Waals surface area (Å²) in [6, 6.07) is 14.0. The molecule has 0 aliphatic heterocycles. The molecule has 1 fully saturated rings. The highest BCUT2D eigenvalue weighted by Crippen LogP contribution is 2.51. The summed E-state index contributed by atoms with van der Waals surface area (Å²) in [6.45, 7) is 3.54. The Hall–Kier alpha value is -2.89. The van der Waals surface area contributed by atoms with Crippen molar-refractivity contribution in [3.63, 3.8) is 0 Å². The molecule has 0 radical (unpaired) electrons. The van der Waals surface area contributed by atoms with Gasteiger partial charge in [-0.15, -0.1) is 0 Å². The number of ether oxygens (including phenoxy) is 3. The second-order valence-electron chi connectivity index (χ2n) is 6.87. The van der Waals surface area contributed by atoms with Crippen molar-refractivity contribution in [1.82, 2.24) is 5.32 Å². The number of hydrogen-bond acceptors (Lipinski definition) is 4. The molecule has 0 amide bonds. The van der Waals surface area contributed by atoms with Crippen molar-refractivity contribution in [1.29, 1.82) is 0 Å². The van der Waals surface area contributed by atoms with Crippen molar-refractivity contribution in [3.8, 4) is 17.2 Å². The van der Waals surface area contributed by atoms with Crippen LogP contribution in [0.1, 0.15) is 25.3 Å². The lowest BCUT2D eigenvalue weighted by atomic mass is 9.95. The van der Waals surface area contributed by atoms with E-state index < -0.39 is 0 Å². The first-order chi connectivity index (χ1) is 13.7. The van der Waals surface area contributed by atoms with E-state index in [-0.39, 0.29) is 5.41 Å². The van der Waals surface area contributed by atoms with Gasteiger partial charge < -0.3 is 24.8 Å². The number of guanidine groups is 1. The van der Waals surface area contributed by atoms with Gasteiger partial charge in [-0.3, -0.25) is 4.99 Å². The molecular formula is C22H29N3O3. The molecule has 1 aliphatic carbocycles. The predicted octanol–water partition coefficient (Wildman–Crippen LogP) is 3.82. The Kier molecular flexibility index (Phi) is 6.29. The first-order valence-electron chi connectivity index (χ1n) is 9.56. The van der Waals surface area contributed by atoms with Crippen LogP contribution in [0.3, 0.4) is 0 Å². The minimum atomic E-state index is 0.0621. The lowest BCUT2D eigenvalue weighted by Crippen LogP contribution is -2.31. The number of benzene rings is 2. The summed E-state index contributed by atoms with van der Waals surface area (Å²) in [6.07, 6.45) is 2.24. The molecule has 0 spiro atoms. The van der Waals surface area contributed by atoms with E-state index in [0.29, 0.717) is 18.0 Å². The van der Waals surface area contributed by atoms with E-state index in [1.165, 1.54) is 5.56 Å². The van der Waals surface area contributed by atoms with Crippen LogP contribution in [-0.4, -0.2) is 40.4 Å². The SMILES string of the molecule is CCNC(=NCC1(c2ccccc2OC)CC1)Nc1ccc(OC)c(OC)c1. The second-order valence-corrected chi connectivity index (χ2v) is 6.87. The van der Waals surface area contributed by atoms with Gasteiger partial charge in [-0.1, -0.05) is 18.2 Å². The van der Waals surface area contributed by atoms with E-state index in [9.17, 15) is 0 Å². The van der Waals surface area contributed by atoms with E-state index in [1.54, 1.807) is 21.3 Å². The van der Waals surface area contributed by atoms with Crippen molar-refractivity contribution in [3.05, 3.63) is 48.0 Å². The zero-order valence-electron chi connectivity index (χ0n) is 17.0. The van der Waals surface area contributed by atoms with Gasteiger partial charge in [0.2, 0.25) is 0 Å². The van der Waals surface area contributed by atoms with Gasteiger partial charge in [-0.25, -0.2) is 0 Å². The van der Waals surface area contributed by atoms with Crippen molar-refractivity contribution in [2.75, 3.05) is 39.7 Å². The third kappa shape index (κ3) is 4.32. The third-order valence-corrected chi connectivity index (χ3v) is 5.06. The maximum absolute atomic E-state index is 5.56. The number of rotatable bonds is 8. The van der Waals surface area contributed by atoms with E-state index in [1.807, 2.05) is 30.3 Å².